The van der Waals surface area contributed by atoms with Gasteiger partial charge in [0.15, 0.2) is 0 Å². The molecule has 0 unspecified atom stereocenters. The van der Waals surface area contributed by atoms with Gasteiger partial charge in [-0.1, -0.05) is 69.4 Å². The summed E-state index contributed by atoms with van der Waals surface area (Å²) >= 11 is 0. The molecule has 0 spiro atoms. The van der Waals surface area contributed by atoms with Gasteiger partial charge in [-0.25, -0.2) is 5.01 Å². The lowest BCUT2D eigenvalue weighted by Crippen LogP contribution is -2.46. The van der Waals surface area contributed by atoms with Crippen molar-refractivity contribution in [1.82, 2.24) is 5.01 Å². The van der Waals surface area contributed by atoms with Gasteiger partial charge in [0.2, 0.25) is 0 Å². The van der Waals surface area contributed by atoms with Crippen LogP contribution in [-0.4, -0.2) is 39.2 Å². The minimum Gasteiger partial charge on any atom is -0.353 e. The summed E-state index contributed by atoms with van der Waals surface area (Å²) < 4.78 is 0. The van der Waals surface area contributed by atoms with E-state index in [1.807, 2.05) is 6.07 Å². The predicted molar refractivity (Wildman–Crippen MR) is 85.2 cm³/mol. The van der Waals surface area contributed by atoms with E-state index < -0.39 is 11.7 Å². The van der Waals surface area contributed by atoms with Crippen LogP contribution in [0.15, 0.2) is 35.4 Å². The van der Waals surface area contributed by atoms with Crippen molar-refractivity contribution in [3.05, 3.63) is 35.9 Å². The molecule has 0 radical (unpaired) electrons. The highest BCUT2D eigenvalue weighted by molar-refractivity contribution is 6.20. The number of unbranched alkanes of at least 4 members (excludes halogenated alkanes) is 5. The van der Waals surface area contributed by atoms with E-state index in [1.54, 1.807) is 24.3 Å². The summed E-state index contributed by atoms with van der Waals surface area (Å²) in [4.78, 5) is 12.1. The van der Waals surface area contributed by atoms with Gasteiger partial charge < -0.3 is 10.2 Å². The number of nitrogens with zero attached hydrogens (tertiary/aromatic N) is 2. The van der Waals surface area contributed by atoms with Gasteiger partial charge >= 0.3 is 5.91 Å². The number of benzene rings is 1. The van der Waals surface area contributed by atoms with Crippen LogP contribution in [0.4, 0.5) is 0 Å². The first-order valence-electron chi connectivity index (χ1n) is 7.98. The molecule has 1 aliphatic rings. The van der Waals surface area contributed by atoms with Crippen LogP contribution in [0.5, 0.6) is 0 Å². The van der Waals surface area contributed by atoms with E-state index in [9.17, 15) is 15.0 Å². The van der Waals surface area contributed by atoms with Crippen LogP contribution in [0.1, 0.15) is 51.0 Å². The molecule has 0 bridgehead atoms. The highest BCUT2D eigenvalue weighted by Gasteiger charge is 2.48. The molecule has 1 aromatic rings. The third-order valence-corrected chi connectivity index (χ3v) is 3.85. The monoisotopic (exact) mass is 304 g/mol. The number of hydrazone groups is 1. The van der Waals surface area contributed by atoms with Gasteiger partial charge in [-0.15, -0.1) is 0 Å². The predicted octanol–water partition coefficient (Wildman–Crippen LogP) is 2.27. The van der Waals surface area contributed by atoms with Gasteiger partial charge in [-0.2, -0.15) is 5.10 Å². The lowest BCUT2D eigenvalue weighted by Gasteiger charge is -2.17. The average molecular weight is 304 g/mol. The Labute approximate surface area is 131 Å². The zero-order chi connectivity index (χ0) is 16.0. The van der Waals surface area contributed by atoms with E-state index >= 15 is 0 Å². The molecule has 120 valence electrons. The number of rotatable bonds is 8. The number of hydrogen-bond donors (Lipinski definition) is 2. The molecule has 5 nitrogen and oxygen atoms in total. The standard InChI is InChI=1S/C17H24N2O3/c1-2-3-4-5-6-10-13-19-16(20)17(21,22)15(18-19)14-11-8-7-9-12-14/h7-9,11-12,21-22H,2-6,10,13H2,1H3. The Kier molecular flexibility index (Phi) is 5.69. The van der Waals surface area contributed by atoms with Crippen molar-refractivity contribution in [1.29, 1.82) is 0 Å². The van der Waals surface area contributed by atoms with Crippen LogP contribution in [-0.2, 0) is 4.79 Å². The largest absolute Gasteiger partial charge is 0.353 e. The van der Waals surface area contributed by atoms with Gasteiger partial charge in [0.05, 0.1) is 0 Å². The molecular formula is C17H24N2O3. The first kappa shape index (κ1) is 16.6. The Balaban J connectivity index is 1.95. The molecule has 0 aliphatic carbocycles. The molecule has 1 heterocycles. The van der Waals surface area contributed by atoms with E-state index in [4.69, 9.17) is 0 Å². The van der Waals surface area contributed by atoms with Crippen LogP contribution in [0.25, 0.3) is 0 Å². The molecule has 1 amide bonds. The molecule has 0 fully saturated rings. The zero-order valence-corrected chi connectivity index (χ0v) is 13.0. The van der Waals surface area contributed by atoms with E-state index in [0.717, 1.165) is 19.3 Å². The van der Waals surface area contributed by atoms with Crippen molar-refractivity contribution >= 4 is 11.6 Å². The normalized spacial score (nSPS) is 17.0. The summed E-state index contributed by atoms with van der Waals surface area (Å²) in [6, 6.07) is 8.79. The van der Waals surface area contributed by atoms with Gasteiger partial charge in [0.1, 0.15) is 5.71 Å². The minimum atomic E-state index is -2.52. The molecule has 1 aliphatic heterocycles. The van der Waals surface area contributed by atoms with E-state index in [1.165, 1.54) is 24.3 Å². The fourth-order valence-corrected chi connectivity index (χ4v) is 2.57. The van der Waals surface area contributed by atoms with Gasteiger partial charge in [0.25, 0.3) is 5.79 Å². The summed E-state index contributed by atoms with van der Waals surface area (Å²) in [5.74, 6) is -3.29. The highest BCUT2D eigenvalue weighted by atomic mass is 16.5. The molecular weight excluding hydrogens is 280 g/mol. The van der Waals surface area contributed by atoms with Crippen molar-refractivity contribution in [2.75, 3.05) is 6.54 Å². The number of carbonyl (C=O) groups excluding carboxylic acids is 1. The molecule has 2 N–H and O–H groups in total. The molecule has 5 heteroatoms. The quantitative estimate of drug-likeness (QED) is 0.571. The van der Waals surface area contributed by atoms with Crippen LogP contribution in [0, 0.1) is 0 Å². The van der Waals surface area contributed by atoms with Crippen LogP contribution in [0.2, 0.25) is 0 Å². The molecule has 0 aromatic heterocycles. The fraction of sp³-hybridized carbons (Fsp3) is 0.529. The molecule has 2 rings (SSSR count). The van der Waals surface area contributed by atoms with Gasteiger partial charge in [0, 0.05) is 12.1 Å². The number of hydrogen-bond acceptors (Lipinski definition) is 4. The summed E-state index contributed by atoms with van der Waals surface area (Å²) in [7, 11) is 0. The Morgan fingerprint density at radius 3 is 2.36 bits per heavy atom. The topological polar surface area (TPSA) is 73.1 Å². The van der Waals surface area contributed by atoms with Crippen molar-refractivity contribution in [2.24, 2.45) is 5.10 Å². The average Bonchev–Trinajstić information content (AvgIpc) is 2.75. The van der Waals surface area contributed by atoms with Crippen molar-refractivity contribution in [3.8, 4) is 0 Å². The second kappa shape index (κ2) is 7.51. The summed E-state index contributed by atoms with van der Waals surface area (Å²) in [6.07, 6.45) is 6.60. The summed E-state index contributed by atoms with van der Waals surface area (Å²) in [6.45, 7) is 2.59. The second-order valence-electron chi connectivity index (χ2n) is 5.68. The maximum Gasteiger partial charge on any atom is 0.309 e. The minimum absolute atomic E-state index is 0.00378. The van der Waals surface area contributed by atoms with Crippen LogP contribution >= 0.6 is 0 Å². The lowest BCUT2D eigenvalue weighted by molar-refractivity contribution is -0.168. The summed E-state index contributed by atoms with van der Waals surface area (Å²) in [5.41, 5.74) is 0.551. The molecule has 0 saturated heterocycles. The fourth-order valence-electron chi connectivity index (χ4n) is 2.57. The van der Waals surface area contributed by atoms with Gasteiger partial charge in [-0.3, -0.25) is 4.79 Å². The van der Waals surface area contributed by atoms with E-state index in [2.05, 4.69) is 12.0 Å². The Hall–Kier alpha value is -1.72. The second-order valence-corrected chi connectivity index (χ2v) is 5.68. The Morgan fingerprint density at radius 2 is 1.68 bits per heavy atom. The Morgan fingerprint density at radius 1 is 1.05 bits per heavy atom. The summed E-state index contributed by atoms with van der Waals surface area (Å²) in [5, 5.41) is 25.4. The highest BCUT2D eigenvalue weighted by Crippen LogP contribution is 2.23. The third-order valence-electron chi connectivity index (χ3n) is 3.85. The van der Waals surface area contributed by atoms with E-state index in [0.29, 0.717) is 12.1 Å². The maximum atomic E-state index is 12.1. The Bertz CT molecular complexity index is 526. The SMILES string of the molecule is CCCCCCCCN1N=C(c2ccccc2)C(O)(O)C1=O. The van der Waals surface area contributed by atoms with Crippen molar-refractivity contribution in [2.45, 2.75) is 51.2 Å². The smallest absolute Gasteiger partial charge is 0.309 e. The molecule has 1 aromatic carbocycles. The molecule has 22 heavy (non-hydrogen) atoms. The number of carbonyl (C=O) groups is 1. The van der Waals surface area contributed by atoms with Crippen molar-refractivity contribution < 1.29 is 15.0 Å². The number of aliphatic hydroxyl groups is 2. The lowest BCUT2D eigenvalue weighted by atomic mass is 10.0. The zero-order valence-electron chi connectivity index (χ0n) is 13.0. The van der Waals surface area contributed by atoms with Gasteiger partial charge in [-0.05, 0) is 6.42 Å². The molecule has 0 atom stereocenters. The molecule has 0 saturated carbocycles. The van der Waals surface area contributed by atoms with Crippen LogP contribution in [0.3, 0.4) is 0 Å². The van der Waals surface area contributed by atoms with E-state index in [-0.39, 0.29) is 5.71 Å². The number of amides is 1. The maximum absolute atomic E-state index is 12.1. The first-order chi connectivity index (χ1) is 10.6. The van der Waals surface area contributed by atoms with Crippen molar-refractivity contribution in [3.63, 3.8) is 0 Å². The van der Waals surface area contributed by atoms with Crippen LogP contribution < -0.4 is 0 Å². The third kappa shape index (κ3) is 3.72. The first-order valence-corrected chi connectivity index (χ1v) is 7.98.